The van der Waals surface area contributed by atoms with Crippen molar-refractivity contribution < 1.29 is 9.47 Å². The molecular weight excluding hydrogens is 232 g/mol. The molecule has 18 heavy (non-hydrogen) atoms. The van der Waals surface area contributed by atoms with E-state index in [4.69, 9.17) is 15.2 Å². The van der Waals surface area contributed by atoms with E-state index in [1.54, 1.807) is 0 Å². The molecule has 6 heteroatoms. The molecule has 1 aromatic heterocycles. The van der Waals surface area contributed by atoms with Crippen molar-refractivity contribution in [1.82, 2.24) is 9.97 Å². The van der Waals surface area contributed by atoms with Crippen molar-refractivity contribution in [3.63, 3.8) is 0 Å². The van der Waals surface area contributed by atoms with E-state index in [-0.39, 0.29) is 6.10 Å². The van der Waals surface area contributed by atoms with Gasteiger partial charge in [-0.15, -0.1) is 0 Å². The van der Waals surface area contributed by atoms with E-state index in [0.29, 0.717) is 38.1 Å². The van der Waals surface area contributed by atoms with Gasteiger partial charge in [0.05, 0.1) is 19.3 Å². The summed E-state index contributed by atoms with van der Waals surface area (Å²) >= 11 is 0. The lowest BCUT2D eigenvalue weighted by Crippen LogP contribution is -2.16. The van der Waals surface area contributed by atoms with Gasteiger partial charge in [-0.25, -0.2) is 4.98 Å². The Morgan fingerprint density at radius 1 is 1.33 bits per heavy atom. The molecular formula is C12H22N4O2. The summed E-state index contributed by atoms with van der Waals surface area (Å²) in [5, 5.41) is 3.09. The highest BCUT2D eigenvalue weighted by atomic mass is 16.5. The second-order valence-electron chi connectivity index (χ2n) is 4.17. The molecule has 0 spiro atoms. The lowest BCUT2D eigenvalue weighted by molar-refractivity contribution is 0.151. The standard InChI is InChI=1S/C12H22N4O2/c1-9(2)18-11-8-10(3)15-12(16-11)14-5-7-17-6-4-13/h8-9H,4-7,13H2,1-3H3,(H,14,15,16). The van der Waals surface area contributed by atoms with Crippen molar-refractivity contribution in [2.24, 2.45) is 5.73 Å². The van der Waals surface area contributed by atoms with Gasteiger partial charge in [-0.1, -0.05) is 0 Å². The van der Waals surface area contributed by atoms with Crippen LogP contribution in [0, 0.1) is 6.92 Å². The van der Waals surface area contributed by atoms with Crippen LogP contribution in [0.4, 0.5) is 5.95 Å². The Kier molecular flexibility index (Phi) is 6.38. The van der Waals surface area contributed by atoms with Crippen molar-refractivity contribution in [2.75, 3.05) is 31.6 Å². The molecule has 0 saturated carbocycles. The molecule has 0 aliphatic carbocycles. The summed E-state index contributed by atoms with van der Waals surface area (Å²) < 4.78 is 10.8. The van der Waals surface area contributed by atoms with Crippen LogP contribution in [0.5, 0.6) is 5.88 Å². The van der Waals surface area contributed by atoms with Crippen molar-refractivity contribution in [2.45, 2.75) is 26.9 Å². The summed E-state index contributed by atoms with van der Waals surface area (Å²) in [4.78, 5) is 8.54. The predicted octanol–water partition coefficient (Wildman–Crippen LogP) is 0.959. The van der Waals surface area contributed by atoms with Crippen molar-refractivity contribution in [1.29, 1.82) is 0 Å². The fraction of sp³-hybridized carbons (Fsp3) is 0.667. The smallest absolute Gasteiger partial charge is 0.226 e. The van der Waals surface area contributed by atoms with Gasteiger partial charge in [-0.2, -0.15) is 4.98 Å². The van der Waals surface area contributed by atoms with E-state index in [0.717, 1.165) is 5.69 Å². The van der Waals surface area contributed by atoms with Gasteiger partial charge in [-0.3, -0.25) is 0 Å². The molecule has 1 heterocycles. The molecule has 0 fully saturated rings. The fourth-order valence-electron chi connectivity index (χ4n) is 1.34. The number of aryl methyl sites for hydroxylation is 1. The van der Waals surface area contributed by atoms with Gasteiger partial charge in [0.1, 0.15) is 0 Å². The Morgan fingerprint density at radius 2 is 2.11 bits per heavy atom. The van der Waals surface area contributed by atoms with Gasteiger partial charge < -0.3 is 20.5 Å². The monoisotopic (exact) mass is 254 g/mol. The maximum Gasteiger partial charge on any atom is 0.226 e. The second kappa shape index (κ2) is 7.84. The van der Waals surface area contributed by atoms with Crippen LogP contribution < -0.4 is 15.8 Å². The summed E-state index contributed by atoms with van der Waals surface area (Å²) in [7, 11) is 0. The van der Waals surface area contributed by atoms with Gasteiger partial charge in [-0.05, 0) is 20.8 Å². The summed E-state index contributed by atoms with van der Waals surface area (Å²) in [6.45, 7) is 8.16. The molecule has 3 N–H and O–H groups in total. The van der Waals surface area contributed by atoms with Crippen LogP contribution in [-0.4, -0.2) is 42.4 Å². The first-order chi connectivity index (χ1) is 8.61. The molecule has 6 nitrogen and oxygen atoms in total. The highest BCUT2D eigenvalue weighted by Crippen LogP contribution is 2.13. The predicted molar refractivity (Wildman–Crippen MR) is 70.9 cm³/mol. The molecule has 0 aliphatic heterocycles. The summed E-state index contributed by atoms with van der Waals surface area (Å²) in [5.74, 6) is 1.14. The van der Waals surface area contributed by atoms with Crippen LogP contribution in [0.1, 0.15) is 19.5 Å². The molecule has 0 aliphatic rings. The van der Waals surface area contributed by atoms with Crippen LogP contribution in [0.15, 0.2) is 6.07 Å². The quantitative estimate of drug-likeness (QED) is 0.672. The van der Waals surface area contributed by atoms with Crippen molar-refractivity contribution in [3.05, 3.63) is 11.8 Å². The highest BCUT2D eigenvalue weighted by Gasteiger charge is 2.04. The molecule has 0 radical (unpaired) electrons. The SMILES string of the molecule is Cc1cc(OC(C)C)nc(NCCOCCN)n1. The van der Waals surface area contributed by atoms with E-state index < -0.39 is 0 Å². The minimum Gasteiger partial charge on any atom is -0.475 e. The number of rotatable bonds is 8. The number of ether oxygens (including phenoxy) is 2. The zero-order valence-electron chi connectivity index (χ0n) is 11.3. The minimum absolute atomic E-state index is 0.0973. The molecule has 0 unspecified atom stereocenters. The zero-order chi connectivity index (χ0) is 13.4. The van der Waals surface area contributed by atoms with Crippen LogP contribution in [0.3, 0.4) is 0 Å². The van der Waals surface area contributed by atoms with Crippen LogP contribution in [0.2, 0.25) is 0 Å². The summed E-state index contributed by atoms with van der Waals surface area (Å²) in [6.07, 6.45) is 0.0973. The highest BCUT2D eigenvalue weighted by molar-refractivity contribution is 5.30. The van der Waals surface area contributed by atoms with Crippen LogP contribution in [-0.2, 0) is 4.74 Å². The first kappa shape index (κ1) is 14.7. The number of nitrogens with zero attached hydrogens (tertiary/aromatic N) is 2. The molecule has 1 rings (SSSR count). The molecule has 0 amide bonds. The number of aromatic nitrogens is 2. The first-order valence-electron chi connectivity index (χ1n) is 6.16. The van der Waals surface area contributed by atoms with Crippen molar-refractivity contribution >= 4 is 5.95 Å². The Balaban J connectivity index is 2.46. The fourth-order valence-corrected chi connectivity index (χ4v) is 1.34. The third-order valence-electron chi connectivity index (χ3n) is 1.98. The lowest BCUT2D eigenvalue weighted by atomic mass is 10.4. The number of hydrogen-bond donors (Lipinski definition) is 2. The van der Waals surface area contributed by atoms with E-state index in [2.05, 4.69) is 15.3 Å². The van der Waals surface area contributed by atoms with Crippen LogP contribution >= 0.6 is 0 Å². The summed E-state index contributed by atoms with van der Waals surface area (Å²) in [6, 6.07) is 1.82. The third-order valence-corrected chi connectivity index (χ3v) is 1.98. The Labute approximate surface area is 108 Å². The maximum absolute atomic E-state index is 5.54. The van der Waals surface area contributed by atoms with E-state index in [1.165, 1.54) is 0 Å². The van der Waals surface area contributed by atoms with Crippen LogP contribution in [0.25, 0.3) is 0 Å². The Hall–Kier alpha value is -1.40. The van der Waals surface area contributed by atoms with Gasteiger partial charge in [0.2, 0.25) is 11.8 Å². The Bertz CT molecular complexity index is 358. The molecule has 0 aromatic carbocycles. The number of anilines is 1. The van der Waals surface area contributed by atoms with Gasteiger partial charge in [0.25, 0.3) is 0 Å². The maximum atomic E-state index is 5.54. The number of nitrogens with one attached hydrogen (secondary N) is 1. The van der Waals surface area contributed by atoms with E-state index in [1.807, 2.05) is 26.8 Å². The van der Waals surface area contributed by atoms with E-state index in [9.17, 15) is 0 Å². The summed E-state index contributed by atoms with van der Waals surface area (Å²) in [5.41, 5.74) is 6.19. The molecule has 102 valence electrons. The lowest BCUT2D eigenvalue weighted by Gasteiger charge is -2.11. The molecule has 0 saturated heterocycles. The second-order valence-corrected chi connectivity index (χ2v) is 4.17. The van der Waals surface area contributed by atoms with Gasteiger partial charge in [0, 0.05) is 24.8 Å². The average Bonchev–Trinajstić information content (AvgIpc) is 2.27. The molecule has 0 bridgehead atoms. The topological polar surface area (TPSA) is 82.3 Å². The average molecular weight is 254 g/mol. The number of hydrogen-bond acceptors (Lipinski definition) is 6. The third kappa shape index (κ3) is 5.79. The first-order valence-corrected chi connectivity index (χ1v) is 6.16. The van der Waals surface area contributed by atoms with E-state index >= 15 is 0 Å². The minimum atomic E-state index is 0.0973. The Morgan fingerprint density at radius 3 is 2.78 bits per heavy atom. The number of nitrogens with two attached hydrogens (primary N) is 1. The van der Waals surface area contributed by atoms with Gasteiger partial charge in [0.15, 0.2) is 0 Å². The largest absolute Gasteiger partial charge is 0.475 e. The normalized spacial score (nSPS) is 10.7. The van der Waals surface area contributed by atoms with Gasteiger partial charge >= 0.3 is 0 Å². The zero-order valence-corrected chi connectivity index (χ0v) is 11.3. The molecule has 1 aromatic rings. The molecule has 0 atom stereocenters. The van der Waals surface area contributed by atoms with Crippen molar-refractivity contribution in [3.8, 4) is 5.88 Å².